The van der Waals surface area contributed by atoms with Crippen LogP contribution in [0.15, 0.2) is 23.1 Å². The maximum absolute atomic E-state index is 11.1. The fraction of sp³-hybridized carbons (Fsp3) is 0.200. The SMILES string of the molecule is CC(=O)C1Nc2ccc(C(=O)O)cc2S1. The molecule has 2 rings (SSSR count). The molecule has 1 aromatic rings. The third-order valence-electron chi connectivity index (χ3n) is 2.13. The minimum absolute atomic E-state index is 0.0353. The molecule has 2 N–H and O–H groups in total. The molecule has 1 aliphatic rings. The monoisotopic (exact) mass is 223 g/mol. The summed E-state index contributed by atoms with van der Waals surface area (Å²) in [6, 6.07) is 4.80. The summed E-state index contributed by atoms with van der Waals surface area (Å²) in [5.74, 6) is -0.919. The van der Waals surface area contributed by atoms with Gasteiger partial charge in [0.1, 0.15) is 5.37 Å². The largest absolute Gasteiger partial charge is 0.478 e. The summed E-state index contributed by atoms with van der Waals surface area (Å²) in [5.41, 5.74) is 1.07. The number of benzene rings is 1. The van der Waals surface area contributed by atoms with Gasteiger partial charge in [0.15, 0.2) is 5.78 Å². The van der Waals surface area contributed by atoms with E-state index in [4.69, 9.17) is 5.11 Å². The quantitative estimate of drug-likeness (QED) is 0.800. The van der Waals surface area contributed by atoms with Gasteiger partial charge in [0.05, 0.1) is 5.56 Å². The molecule has 0 saturated carbocycles. The lowest BCUT2D eigenvalue weighted by molar-refractivity contribution is -0.116. The Morgan fingerprint density at radius 1 is 1.47 bits per heavy atom. The van der Waals surface area contributed by atoms with Crippen molar-refractivity contribution in [3.05, 3.63) is 23.8 Å². The number of hydrogen-bond donors (Lipinski definition) is 2. The highest BCUT2D eigenvalue weighted by molar-refractivity contribution is 8.01. The number of Topliss-reactive ketones (excluding diaryl/α,β-unsaturated/α-hetero) is 1. The Kier molecular flexibility index (Phi) is 2.40. The minimum Gasteiger partial charge on any atom is -0.478 e. The van der Waals surface area contributed by atoms with Gasteiger partial charge in [-0.15, -0.1) is 0 Å². The molecule has 0 radical (unpaired) electrons. The first-order chi connectivity index (χ1) is 7.08. The molecule has 1 unspecified atom stereocenters. The summed E-state index contributed by atoms with van der Waals surface area (Å²) in [4.78, 5) is 22.7. The maximum Gasteiger partial charge on any atom is 0.335 e. The molecule has 1 atom stereocenters. The van der Waals surface area contributed by atoms with E-state index in [-0.39, 0.29) is 16.7 Å². The van der Waals surface area contributed by atoms with E-state index in [0.717, 1.165) is 10.6 Å². The van der Waals surface area contributed by atoms with Gasteiger partial charge in [0.25, 0.3) is 0 Å². The van der Waals surface area contributed by atoms with Crippen molar-refractivity contribution >= 4 is 29.2 Å². The zero-order chi connectivity index (χ0) is 11.0. The van der Waals surface area contributed by atoms with Gasteiger partial charge in [0, 0.05) is 10.6 Å². The molecule has 0 fully saturated rings. The third-order valence-corrected chi connectivity index (χ3v) is 3.41. The van der Waals surface area contributed by atoms with Crippen LogP contribution in [0.1, 0.15) is 17.3 Å². The average Bonchev–Trinajstić information content (AvgIpc) is 2.59. The topological polar surface area (TPSA) is 66.4 Å². The second-order valence-electron chi connectivity index (χ2n) is 3.27. The minimum atomic E-state index is -0.954. The van der Waals surface area contributed by atoms with Gasteiger partial charge in [-0.2, -0.15) is 0 Å². The predicted octanol–water partition coefficient (Wildman–Crippen LogP) is 1.82. The van der Waals surface area contributed by atoms with E-state index in [1.54, 1.807) is 12.1 Å². The van der Waals surface area contributed by atoms with Gasteiger partial charge in [0.2, 0.25) is 0 Å². The van der Waals surface area contributed by atoms with Crippen LogP contribution in [0.4, 0.5) is 5.69 Å². The van der Waals surface area contributed by atoms with Crippen LogP contribution in [0.25, 0.3) is 0 Å². The van der Waals surface area contributed by atoms with Gasteiger partial charge in [-0.1, -0.05) is 11.8 Å². The van der Waals surface area contributed by atoms with Crippen molar-refractivity contribution in [3.8, 4) is 0 Å². The Morgan fingerprint density at radius 2 is 2.20 bits per heavy atom. The second kappa shape index (κ2) is 3.58. The van der Waals surface area contributed by atoms with Crippen LogP contribution >= 0.6 is 11.8 Å². The number of carbonyl (C=O) groups excluding carboxylic acids is 1. The lowest BCUT2D eigenvalue weighted by Crippen LogP contribution is -2.18. The smallest absolute Gasteiger partial charge is 0.335 e. The first-order valence-electron chi connectivity index (χ1n) is 4.39. The number of fused-ring (bicyclic) bond motifs is 1. The first-order valence-corrected chi connectivity index (χ1v) is 5.27. The highest BCUT2D eigenvalue weighted by atomic mass is 32.2. The normalized spacial score (nSPS) is 18.1. The maximum atomic E-state index is 11.1. The van der Waals surface area contributed by atoms with Crippen molar-refractivity contribution in [2.45, 2.75) is 17.2 Å². The van der Waals surface area contributed by atoms with E-state index in [2.05, 4.69) is 5.32 Å². The predicted molar refractivity (Wildman–Crippen MR) is 57.4 cm³/mol. The van der Waals surface area contributed by atoms with Crippen molar-refractivity contribution in [1.29, 1.82) is 0 Å². The Labute approximate surface area is 90.7 Å². The molecule has 15 heavy (non-hydrogen) atoms. The zero-order valence-corrected chi connectivity index (χ0v) is 8.80. The summed E-state index contributed by atoms with van der Waals surface area (Å²) in [6.07, 6.45) is 0. The van der Waals surface area contributed by atoms with Crippen molar-refractivity contribution in [2.75, 3.05) is 5.32 Å². The fourth-order valence-electron chi connectivity index (χ4n) is 1.35. The van der Waals surface area contributed by atoms with Crippen LogP contribution in [-0.2, 0) is 4.79 Å². The molecule has 0 amide bonds. The number of carbonyl (C=O) groups is 2. The lowest BCUT2D eigenvalue weighted by atomic mass is 10.2. The summed E-state index contributed by atoms with van der Waals surface area (Å²) >= 11 is 1.35. The van der Waals surface area contributed by atoms with E-state index in [9.17, 15) is 9.59 Å². The number of carboxylic acids is 1. The van der Waals surface area contributed by atoms with Crippen LogP contribution in [-0.4, -0.2) is 22.2 Å². The number of anilines is 1. The highest BCUT2D eigenvalue weighted by Gasteiger charge is 2.25. The molecule has 78 valence electrons. The Morgan fingerprint density at radius 3 is 2.80 bits per heavy atom. The summed E-state index contributed by atoms with van der Waals surface area (Å²) in [5, 5.41) is 11.5. The molecule has 0 bridgehead atoms. The van der Waals surface area contributed by atoms with Crippen LogP contribution in [0, 0.1) is 0 Å². The van der Waals surface area contributed by atoms with Crippen molar-refractivity contribution in [3.63, 3.8) is 0 Å². The second-order valence-corrected chi connectivity index (χ2v) is 4.42. The molecule has 0 aliphatic carbocycles. The van der Waals surface area contributed by atoms with Gasteiger partial charge in [-0.05, 0) is 25.1 Å². The molecule has 1 aromatic carbocycles. The highest BCUT2D eigenvalue weighted by Crippen LogP contribution is 2.39. The Hall–Kier alpha value is -1.49. The number of rotatable bonds is 2. The standard InChI is InChI=1S/C10H9NO3S/c1-5(12)9-11-7-3-2-6(10(13)14)4-8(7)15-9/h2-4,9,11H,1H3,(H,13,14). The van der Waals surface area contributed by atoms with Crippen molar-refractivity contribution < 1.29 is 14.7 Å². The Balaban J connectivity index is 2.31. The molecule has 0 spiro atoms. The lowest BCUT2D eigenvalue weighted by Gasteiger charge is -2.03. The molecule has 1 aliphatic heterocycles. The Bertz CT molecular complexity index is 444. The van der Waals surface area contributed by atoms with E-state index in [1.165, 1.54) is 24.8 Å². The van der Waals surface area contributed by atoms with E-state index < -0.39 is 5.97 Å². The number of nitrogens with one attached hydrogen (secondary N) is 1. The number of carboxylic acid groups (broad SMARTS) is 1. The van der Waals surface area contributed by atoms with E-state index >= 15 is 0 Å². The molecule has 1 heterocycles. The molecule has 0 aromatic heterocycles. The van der Waals surface area contributed by atoms with Gasteiger partial charge in [-0.3, -0.25) is 4.79 Å². The van der Waals surface area contributed by atoms with Crippen LogP contribution in [0.2, 0.25) is 0 Å². The van der Waals surface area contributed by atoms with E-state index in [1.807, 2.05) is 0 Å². The first kappa shape index (κ1) is 10.0. The van der Waals surface area contributed by atoms with Crippen molar-refractivity contribution in [2.24, 2.45) is 0 Å². The molecular weight excluding hydrogens is 214 g/mol. The number of hydrogen-bond acceptors (Lipinski definition) is 4. The number of aromatic carboxylic acids is 1. The molecular formula is C10H9NO3S. The third kappa shape index (κ3) is 1.83. The van der Waals surface area contributed by atoms with Crippen molar-refractivity contribution in [1.82, 2.24) is 0 Å². The zero-order valence-electron chi connectivity index (χ0n) is 7.98. The van der Waals surface area contributed by atoms with Gasteiger partial charge in [-0.25, -0.2) is 4.79 Å². The number of ketones is 1. The molecule has 4 nitrogen and oxygen atoms in total. The molecule has 5 heteroatoms. The van der Waals surface area contributed by atoms with Crippen LogP contribution < -0.4 is 5.32 Å². The average molecular weight is 223 g/mol. The van der Waals surface area contributed by atoms with Crippen LogP contribution in [0.5, 0.6) is 0 Å². The summed E-state index contributed by atoms with van der Waals surface area (Å²) < 4.78 is 0. The summed E-state index contributed by atoms with van der Waals surface area (Å²) in [6.45, 7) is 1.51. The molecule has 0 saturated heterocycles. The van der Waals surface area contributed by atoms with Gasteiger partial charge < -0.3 is 10.4 Å². The van der Waals surface area contributed by atoms with Crippen LogP contribution in [0.3, 0.4) is 0 Å². The number of thioether (sulfide) groups is 1. The van der Waals surface area contributed by atoms with E-state index in [0.29, 0.717) is 0 Å². The summed E-state index contributed by atoms with van der Waals surface area (Å²) in [7, 11) is 0. The van der Waals surface area contributed by atoms with Gasteiger partial charge >= 0.3 is 5.97 Å². The fourth-order valence-corrected chi connectivity index (χ4v) is 2.41.